The molecule has 1 aliphatic rings. The highest BCUT2D eigenvalue weighted by Gasteiger charge is 2.24. The Hall–Kier alpha value is -2.49. The van der Waals surface area contributed by atoms with E-state index in [-0.39, 0.29) is 0 Å². The van der Waals surface area contributed by atoms with Crippen molar-refractivity contribution < 1.29 is 4.42 Å². The van der Waals surface area contributed by atoms with Crippen LogP contribution in [0, 0.1) is 27.7 Å². The van der Waals surface area contributed by atoms with E-state index in [4.69, 9.17) is 9.52 Å². The zero-order valence-electron chi connectivity index (χ0n) is 16.7. The quantitative estimate of drug-likeness (QED) is 0.421. The third-order valence-electron chi connectivity index (χ3n) is 6.34. The van der Waals surface area contributed by atoms with Gasteiger partial charge >= 0.3 is 0 Å². The number of fused-ring (bicyclic) bond motifs is 3. The molecule has 0 amide bonds. The summed E-state index contributed by atoms with van der Waals surface area (Å²) in [7, 11) is 0. The Morgan fingerprint density at radius 3 is 2.41 bits per heavy atom. The Balaban J connectivity index is 1.77. The Labute approximate surface area is 159 Å². The predicted molar refractivity (Wildman–Crippen MR) is 109 cm³/mol. The van der Waals surface area contributed by atoms with Crippen molar-refractivity contribution in [1.82, 2.24) is 14.2 Å². The molecule has 27 heavy (non-hydrogen) atoms. The lowest BCUT2D eigenvalue weighted by Crippen LogP contribution is -2.15. The molecule has 5 rings (SSSR count). The number of hydrogen-bond donors (Lipinski definition) is 0. The molecule has 4 heteroatoms. The van der Waals surface area contributed by atoms with Gasteiger partial charge in [0.1, 0.15) is 11.5 Å². The van der Waals surface area contributed by atoms with Crippen molar-refractivity contribution >= 4 is 16.3 Å². The molecule has 0 atom stereocenters. The lowest BCUT2D eigenvalue weighted by molar-refractivity contribution is 0.346. The molecule has 0 radical (unpaired) electrons. The molecule has 0 bridgehead atoms. The van der Waals surface area contributed by atoms with Crippen LogP contribution in [-0.2, 0) is 0 Å². The normalized spacial score (nSPS) is 16.0. The van der Waals surface area contributed by atoms with Crippen LogP contribution in [0.5, 0.6) is 0 Å². The van der Waals surface area contributed by atoms with Crippen LogP contribution in [0.3, 0.4) is 0 Å². The summed E-state index contributed by atoms with van der Waals surface area (Å²) in [5.74, 6) is 1.84. The fourth-order valence-corrected chi connectivity index (χ4v) is 5.15. The molecular weight excluding hydrogens is 334 g/mol. The molecule has 0 saturated heterocycles. The van der Waals surface area contributed by atoms with E-state index in [1.54, 1.807) is 0 Å². The minimum Gasteiger partial charge on any atom is -0.461 e. The maximum absolute atomic E-state index is 5.85. The van der Waals surface area contributed by atoms with Crippen LogP contribution < -0.4 is 0 Å². The zero-order chi connectivity index (χ0) is 18.7. The minimum absolute atomic E-state index is 0.632. The predicted octanol–water partition coefficient (Wildman–Crippen LogP) is 6.29. The van der Waals surface area contributed by atoms with E-state index < -0.39 is 0 Å². The van der Waals surface area contributed by atoms with Crippen LogP contribution in [-0.4, -0.2) is 14.2 Å². The molecular formula is C23H27N3O. The number of rotatable bonds is 2. The summed E-state index contributed by atoms with van der Waals surface area (Å²) < 4.78 is 10.5. The fraction of sp³-hybridized carbons (Fsp3) is 0.435. The minimum atomic E-state index is 0.632. The SMILES string of the molecule is Cc1ccc(-c2cc3c4c(C)n(C5CCCCC5)c(C)c4c(C)nn3c2)o1. The average molecular weight is 361 g/mol. The van der Waals surface area contributed by atoms with Crippen molar-refractivity contribution in [3.05, 3.63) is 47.2 Å². The molecule has 4 aromatic heterocycles. The van der Waals surface area contributed by atoms with Crippen LogP contribution in [0.2, 0.25) is 0 Å². The molecule has 0 unspecified atom stereocenters. The van der Waals surface area contributed by atoms with E-state index in [1.807, 2.05) is 23.6 Å². The van der Waals surface area contributed by atoms with Crippen molar-refractivity contribution in [3.63, 3.8) is 0 Å². The summed E-state index contributed by atoms with van der Waals surface area (Å²) in [5.41, 5.74) is 6.12. The second-order valence-corrected chi connectivity index (χ2v) is 8.14. The summed E-state index contributed by atoms with van der Waals surface area (Å²) >= 11 is 0. The smallest absolute Gasteiger partial charge is 0.135 e. The molecule has 1 saturated carbocycles. The van der Waals surface area contributed by atoms with Crippen molar-refractivity contribution in [2.75, 3.05) is 0 Å². The van der Waals surface area contributed by atoms with Crippen molar-refractivity contribution in [1.29, 1.82) is 0 Å². The van der Waals surface area contributed by atoms with Gasteiger partial charge in [-0.25, -0.2) is 4.52 Å². The number of aryl methyl sites for hydroxylation is 4. The monoisotopic (exact) mass is 361 g/mol. The highest BCUT2D eigenvalue weighted by molar-refractivity contribution is 6.02. The van der Waals surface area contributed by atoms with E-state index in [2.05, 4.69) is 37.6 Å². The Bertz CT molecular complexity index is 1150. The third-order valence-corrected chi connectivity index (χ3v) is 6.34. The van der Waals surface area contributed by atoms with Gasteiger partial charge in [-0.15, -0.1) is 0 Å². The lowest BCUT2D eigenvalue weighted by Gasteiger charge is -2.26. The van der Waals surface area contributed by atoms with Gasteiger partial charge in [0, 0.05) is 40.0 Å². The highest BCUT2D eigenvalue weighted by atomic mass is 16.3. The molecule has 4 nitrogen and oxygen atoms in total. The van der Waals surface area contributed by atoms with Gasteiger partial charge in [0.05, 0.1) is 11.2 Å². The van der Waals surface area contributed by atoms with Gasteiger partial charge in [-0.2, -0.15) is 5.10 Å². The number of nitrogens with zero attached hydrogens (tertiary/aromatic N) is 3. The summed E-state index contributed by atoms with van der Waals surface area (Å²) in [4.78, 5) is 0. The van der Waals surface area contributed by atoms with Gasteiger partial charge < -0.3 is 8.98 Å². The van der Waals surface area contributed by atoms with Gasteiger partial charge in [-0.3, -0.25) is 0 Å². The second-order valence-electron chi connectivity index (χ2n) is 8.14. The summed E-state index contributed by atoms with van der Waals surface area (Å²) in [6, 6.07) is 6.91. The summed E-state index contributed by atoms with van der Waals surface area (Å²) in [5, 5.41) is 7.55. The van der Waals surface area contributed by atoms with Gasteiger partial charge in [-0.05, 0) is 58.7 Å². The maximum atomic E-state index is 5.85. The number of furan rings is 1. The molecule has 1 aliphatic carbocycles. The number of hydrogen-bond acceptors (Lipinski definition) is 2. The van der Waals surface area contributed by atoms with E-state index in [0.717, 1.165) is 22.8 Å². The Kier molecular flexibility index (Phi) is 3.71. The van der Waals surface area contributed by atoms with Gasteiger partial charge in [-0.1, -0.05) is 19.3 Å². The molecule has 0 aromatic carbocycles. The first-order valence-corrected chi connectivity index (χ1v) is 10.1. The average Bonchev–Trinajstić information content (AvgIpc) is 3.32. The maximum Gasteiger partial charge on any atom is 0.135 e. The van der Waals surface area contributed by atoms with Crippen LogP contribution in [0.4, 0.5) is 0 Å². The van der Waals surface area contributed by atoms with Gasteiger partial charge in [0.15, 0.2) is 0 Å². The highest BCUT2D eigenvalue weighted by Crippen LogP contribution is 2.39. The summed E-state index contributed by atoms with van der Waals surface area (Å²) in [6.45, 7) is 8.68. The van der Waals surface area contributed by atoms with Crippen molar-refractivity contribution in [2.24, 2.45) is 0 Å². The van der Waals surface area contributed by atoms with E-state index >= 15 is 0 Å². The lowest BCUT2D eigenvalue weighted by atomic mass is 9.95. The molecule has 4 aromatic rings. The Morgan fingerprint density at radius 2 is 1.70 bits per heavy atom. The van der Waals surface area contributed by atoms with Crippen LogP contribution in [0.15, 0.2) is 28.8 Å². The standard InChI is InChI=1S/C23H27N3O/c1-14-10-11-21(27-14)18-12-20-23-17(4)26(19-8-6-5-7-9-19)16(3)22(23)15(2)24-25(20)13-18/h10-13,19H,5-9H2,1-4H3. The van der Waals surface area contributed by atoms with E-state index in [9.17, 15) is 0 Å². The van der Waals surface area contributed by atoms with E-state index in [1.165, 1.54) is 59.8 Å². The van der Waals surface area contributed by atoms with Crippen molar-refractivity contribution in [3.8, 4) is 11.3 Å². The van der Waals surface area contributed by atoms with E-state index in [0.29, 0.717) is 6.04 Å². The molecule has 140 valence electrons. The molecule has 1 fully saturated rings. The van der Waals surface area contributed by atoms with Crippen molar-refractivity contribution in [2.45, 2.75) is 65.8 Å². The first-order valence-electron chi connectivity index (χ1n) is 10.1. The van der Waals surface area contributed by atoms with Gasteiger partial charge in [0.25, 0.3) is 0 Å². The summed E-state index contributed by atoms with van der Waals surface area (Å²) in [6.07, 6.45) is 8.75. The first-order chi connectivity index (χ1) is 13.0. The van der Waals surface area contributed by atoms with Crippen LogP contribution in [0.25, 0.3) is 27.6 Å². The van der Waals surface area contributed by atoms with Crippen LogP contribution >= 0.6 is 0 Å². The third kappa shape index (κ3) is 2.46. The number of aromatic nitrogens is 3. The largest absolute Gasteiger partial charge is 0.461 e. The molecule has 4 heterocycles. The zero-order valence-corrected chi connectivity index (χ0v) is 16.7. The van der Waals surface area contributed by atoms with Crippen LogP contribution in [0.1, 0.15) is 61.0 Å². The Morgan fingerprint density at radius 1 is 0.963 bits per heavy atom. The molecule has 0 aliphatic heterocycles. The van der Waals surface area contributed by atoms with Gasteiger partial charge in [0.2, 0.25) is 0 Å². The topological polar surface area (TPSA) is 35.4 Å². The second kappa shape index (κ2) is 6.01. The molecule has 0 spiro atoms. The first kappa shape index (κ1) is 16.7. The fourth-order valence-electron chi connectivity index (χ4n) is 5.15. The molecule has 0 N–H and O–H groups in total.